The molecule has 108 valence electrons. The van der Waals surface area contributed by atoms with Gasteiger partial charge in [-0.1, -0.05) is 13.3 Å². The summed E-state index contributed by atoms with van der Waals surface area (Å²) >= 11 is 0. The van der Waals surface area contributed by atoms with Crippen molar-refractivity contribution in [3.8, 4) is 11.4 Å². The van der Waals surface area contributed by atoms with Gasteiger partial charge in [-0.05, 0) is 44.5 Å². The highest BCUT2D eigenvalue weighted by Crippen LogP contribution is 2.20. The van der Waals surface area contributed by atoms with Gasteiger partial charge in [0.25, 0.3) is 0 Å². The molecule has 0 bridgehead atoms. The quantitative estimate of drug-likeness (QED) is 0.823. The second-order valence-electron chi connectivity index (χ2n) is 4.96. The predicted octanol–water partition coefficient (Wildman–Crippen LogP) is 3.13. The van der Waals surface area contributed by atoms with Crippen LogP contribution in [0.1, 0.15) is 36.7 Å². The third kappa shape index (κ3) is 3.02. The van der Waals surface area contributed by atoms with Gasteiger partial charge in [0.1, 0.15) is 5.75 Å². The van der Waals surface area contributed by atoms with Crippen LogP contribution in [0.15, 0.2) is 24.3 Å². The van der Waals surface area contributed by atoms with Crippen LogP contribution in [0.4, 0.5) is 0 Å². The lowest BCUT2D eigenvalue weighted by molar-refractivity contribution is 0.309. The molecular weight excluding hydrogens is 250 g/mol. The maximum Gasteiger partial charge on any atom is 0.119 e. The number of nitrogens with two attached hydrogens (primary N) is 1. The summed E-state index contributed by atoms with van der Waals surface area (Å²) < 4.78 is 7.61. The third-order valence-electron chi connectivity index (χ3n) is 3.49. The van der Waals surface area contributed by atoms with Gasteiger partial charge < -0.3 is 10.5 Å². The number of aromatic nitrogens is 2. The van der Waals surface area contributed by atoms with E-state index in [4.69, 9.17) is 10.5 Å². The first-order valence-corrected chi connectivity index (χ1v) is 7.15. The molecule has 0 saturated carbocycles. The molecule has 1 aromatic heterocycles. The summed E-state index contributed by atoms with van der Waals surface area (Å²) in [6, 6.07) is 8.04. The molecule has 1 heterocycles. The minimum atomic E-state index is 0.524. The van der Waals surface area contributed by atoms with E-state index in [1.54, 1.807) is 0 Å². The molecule has 0 amide bonds. The average Bonchev–Trinajstić information content (AvgIpc) is 2.74. The number of hydrogen-bond acceptors (Lipinski definition) is 3. The summed E-state index contributed by atoms with van der Waals surface area (Å²) in [5.74, 6) is 0.905. The monoisotopic (exact) mass is 273 g/mol. The average molecular weight is 273 g/mol. The fraction of sp³-hybridized carbons (Fsp3) is 0.438. The fourth-order valence-electron chi connectivity index (χ4n) is 2.24. The molecule has 0 spiro atoms. The molecule has 0 aliphatic carbocycles. The van der Waals surface area contributed by atoms with Crippen LogP contribution in [-0.2, 0) is 6.54 Å². The lowest BCUT2D eigenvalue weighted by atomic mass is 10.2. The van der Waals surface area contributed by atoms with E-state index in [1.807, 2.05) is 42.8 Å². The van der Waals surface area contributed by atoms with Crippen molar-refractivity contribution in [2.45, 2.75) is 40.2 Å². The Balaban J connectivity index is 2.17. The molecule has 2 rings (SSSR count). The van der Waals surface area contributed by atoms with Crippen molar-refractivity contribution >= 4 is 0 Å². The topological polar surface area (TPSA) is 53.1 Å². The molecule has 2 N–H and O–H groups in total. The Bertz CT molecular complexity index is 558. The number of nitrogens with zero attached hydrogens (tertiary/aromatic N) is 2. The molecule has 1 aromatic carbocycles. The standard InChI is InChI=1S/C16H23N3O/c1-4-5-10-20-15-8-6-14(7-9-15)19-13(3)16(11-17)12(2)18-19/h6-9H,4-5,10-11,17H2,1-3H3. The molecular formula is C16H23N3O. The van der Waals surface area contributed by atoms with Crippen molar-refractivity contribution in [2.24, 2.45) is 5.73 Å². The van der Waals surface area contributed by atoms with E-state index in [-0.39, 0.29) is 0 Å². The Labute approximate surface area is 120 Å². The van der Waals surface area contributed by atoms with E-state index in [0.717, 1.165) is 47.8 Å². The zero-order valence-corrected chi connectivity index (χ0v) is 12.5. The fourth-order valence-corrected chi connectivity index (χ4v) is 2.24. The van der Waals surface area contributed by atoms with Crippen LogP contribution >= 0.6 is 0 Å². The highest BCUT2D eigenvalue weighted by atomic mass is 16.5. The molecule has 0 atom stereocenters. The van der Waals surface area contributed by atoms with E-state index in [2.05, 4.69) is 12.0 Å². The summed E-state index contributed by atoms with van der Waals surface area (Å²) in [5, 5.41) is 4.55. The predicted molar refractivity (Wildman–Crippen MR) is 81.3 cm³/mol. The van der Waals surface area contributed by atoms with Gasteiger partial charge in [-0.25, -0.2) is 4.68 Å². The van der Waals surface area contributed by atoms with Gasteiger partial charge in [0.2, 0.25) is 0 Å². The van der Waals surface area contributed by atoms with Crippen LogP contribution < -0.4 is 10.5 Å². The molecule has 0 aliphatic rings. The van der Waals surface area contributed by atoms with Gasteiger partial charge in [-0.3, -0.25) is 0 Å². The third-order valence-corrected chi connectivity index (χ3v) is 3.49. The maximum absolute atomic E-state index is 5.76. The number of hydrogen-bond donors (Lipinski definition) is 1. The Hall–Kier alpha value is -1.81. The van der Waals surface area contributed by atoms with E-state index in [1.165, 1.54) is 0 Å². The van der Waals surface area contributed by atoms with Crippen LogP contribution in [0.5, 0.6) is 5.75 Å². The number of rotatable bonds is 6. The van der Waals surface area contributed by atoms with Crippen molar-refractivity contribution in [1.82, 2.24) is 9.78 Å². The van der Waals surface area contributed by atoms with Crippen LogP contribution in [0.25, 0.3) is 5.69 Å². The molecule has 2 aromatic rings. The van der Waals surface area contributed by atoms with Crippen molar-refractivity contribution in [2.75, 3.05) is 6.61 Å². The Morgan fingerprint density at radius 1 is 1.20 bits per heavy atom. The van der Waals surface area contributed by atoms with Crippen LogP contribution in [0.3, 0.4) is 0 Å². The van der Waals surface area contributed by atoms with E-state index in [9.17, 15) is 0 Å². The zero-order chi connectivity index (χ0) is 14.5. The number of aryl methyl sites for hydroxylation is 1. The first kappa shape index (κ1) is 14.6. The largest absolute Gasteiger partial charge is 0.494 e. The smallest absolute Gasteiger partial charge is 0.119 e. The summed E-state index contributed by atoms with van der Waals surface area (Å²) in [6.07, 6.45) is 2.23. The zero-order valence-electron chi connectivity index (χ0n) is 12.5. The number of ether oxygens (including phenoxy) is 1. The van der Waals surface area contributed by atoms with Crippen molar-refractivity contribution in [1.29, 1.82) is 0 Å². The summed E-state index contributed by atoms with van der Waals surface area (Å²) in [7, 11) is 0. The highest BCUT2D eigenvalue weighted by molar-refractivity contribution is 5.40. The van der Waals surface area contributed by atoms with Crippen molar-refractivity contribution < 1.29 is 4.74 Å². The molecule has 4 nitrogen and oxygen atoms in total. The minimum absolute atomic E-state index is 0.524. The maximum atomic E-state index is 5.76. The van der Waals surface area contributed by atoms with Crippen LogP contribution in [-0.4, -0.2) is 16.4 Å². The summed E-state index contributed by atoms with van der Waals surface area (Å²) in [4.78, 5) is 0. The Morgan fingerprint density at radius 3 is 2.45 bits per heavy atom. The molecule has 0 radical (unpaired) electrons. The second-order valence-corrected chi connectivity index (χ2v) is 4.96. The van der Waals surface area contributed by atoms with Gasteiger partial charge in [0.15, 0.2) is 0 Å². The lowest BCUT2D eigenvalue weighted by Crippen LogP contribution is -2.02. The number of unbranched alkanes of at least 4 members (excludes halogenated alkanes) is 1. The lowest BCUT2D eigenvalue weighted by Gasteiger charge is -2.08. The molecule has 0 fully saturated rings. The highest BCUT2D eigenvalue weighted by Gasteiger charge is 2.11. The summed E-state index contributed by atoms with van der Waals surface area (Å²) in [5.41, 5.74) is 10.0. The van der Waals surface area contributed by atoms with Gasteiger partial charge in [0, 0.05) is 17.8 Å². The van der Waals surface area contributed by atoms with Gasteiger partial charge in [-0.2, -0.15) is 5.10 Å². The van der Waals surface area contributed by atoms with Gasteiger partial charge >= 0.3 is 0 Å². The Kier molecular flexibility index (Phi) is 4.79. The van der Waals surface area contributed by atoms with Gasteiger partial charge in [0.05, 0.1) is 18.0 Å². The van der Waals surface area contributed by atoms with Crippen molar-refractivity contribution in [3.05, 3.63) is 41.2 Å². The van der Waals surface area contributed by atoms with E-state index in [0.29, 0.717) is 6.54 Å². The second kappa shape index (κ2) is 6.57. The minimum Gasteiger partial charge on any atom is -0.494 e. The normalized spacial score (nSPS) is 10.8. The molecule has 0 aliphatic heterocycles. The molecule has 0 unspecified atom stereocenters. The molecule has 20 heavy (non-hydrogen) atoms. The van der Waals surface area contributed by atoms with Crippen molar-refractivity contribution in [3.63, 3.8) is 0 Å². The van der Waals surface area contributed by atoms with E-state index < -0.39 is 0 Å². The van der Waals surface area contributed by atoms with E-state index >= 15 is 0 Å². The number of benzene rings is 1. The summed E-state index contributed by atoms with van der Waals surface area (Å²) in [6.45, 7) is 7.50. The SMILES string of the molecule is CCCCOc1ccc(-n2nc(C)c(CN)c2C)cc1. The van der Waals surface area contributed by atoms with Crippen LogP contribution in [0, 0.1) is 13.8 Å². The Morgan fingerprint density at radius 2 is 1.90 bits per heavy atom. The first-order chi connectivity index (χ1) is 9.67. The first-order valence-electron chi connectivity index (χ1n) is 7.15. The van der Waals surface area contributed by atoms with Crippen LogP contribution in [0.2, 0.25) is 0 Å². The molecule has 4 heteroatoms. The molecule has 0 saturated heterocycles. The van der Waals surface area contributed by atoms with Gasteiger partial charge in [-0.15, -0.1) is 0 Å².